The number of para-hydroxylation sites is 1. The SMILES string of the molecule is CN(C(=O)C1(C)COCC1N)c1ccccc1. The normalized spacial score (nSPS) is 28.1. The summed E-state index contributed by atoms with van der Waals surface area (Å²) < 4.78 is 5.31. The van der Waals surface area contributed by atoms with E-state index >= 15 is 0 Å². The molecule has 1 aromatic rings. The van der Waals surface area contributed by atoms with Gasteiger partial charge in [-0.05, 0) is 19.1 Å². The zero-order valence-electron chi connectivity index (χ0n) is 10.2. The molecule has 1 aliphatic heterocycles. The Kier molecular flexibility index (Phi) is 3.17. The third kappa shape index (κ3) is 2.06. The molecule has 17 heavy (non-hydrogen) atoms. The van der Waals surface area contributed by atoms with Crippen molar-refractivity contribution in [2.24, 2.45) is 11.1 Å². The Labute approximate surface area is 101 Å². The molecule has 4 nitrogen and oxygen atoms in total. The summed E-state index contributed by atoms with van der Waals surface area (Å²) in [6.45, 7) is 2.71. The van der Waals surface area contributed by atoms with Crippen molar-refractivity contribution < 1.29 is 9.53 Å². The standard InChI is InChI=1S/C13H18N2O2/c1-13(9-17-8-11(13)14)12(16)15(2)10-6-4-3-5-7-10/h3-7,11H,8-9,14H2,1-2H3. The van der Waals surface area contributed by atoms with E-state index in [4.69, 9.17) is 10.5 Å². The second-order valence-corrected chi connectivity index (χ2v) is 4.74. The van der Waals surface area contributed by atoms with E-state index in [-0.39, 0.29) is 11.9 Å². The lowest BCUT2D eigenvalue weighted by atomic mass is 9.84. The van der Waals surface area contributed by atoms with Crippen molar-refractivity contribution in [2.75, 3.05) is 25.2 Å². The van der Waals surface area contributed by atoms with Crippen LogP contribution in [-0.4, -0.2) is 32.2 Å². The van der Waals surface area contributed by atoms with Crippen LogP contribution in [0.1, 0.15) is 6.92 Å². The molecular formula is C13H18N2O2. The first-order chi connectivity index (χ1) is 8.05. The Hall–Kier alpha value is -1.39. The van der Waals surface area contributed by atoms with Crippen molar-refractivity contribution in [1.82, 2.24) is 0 Å². The molecule has 1 saturated heterocycles. The minimum Gasteiger partial charge on any atom is -0.379 e. The molecule has 2 atom stereocenters. The van der Waals surface area contributed by atoms with Gasteiger partial charge in [0.05, 0.1) is 18.6 Å². The Morgan fingerprint density at radius 2 is 2.12 bits per heavy atom. The maximum atomic E-state index is 12.4. The van der Waals surface area contributed by atoms with E-state index in [0.29, 0.717) is 13.2 Å². The van der Waals surface area contributed by atoms with Crippen molar-refractivity contribution in [3.8, 4) is 0 Å². The third-order valence-electron chi connectivity index (χ3n) is 3.45. The van der Waals surface area contributed by atoms with Gasteiger partial charge in [-0.2, -0.15) is 0 Å². The quantitative estimate of drug-likeness (QED) is 0.831. The molecular weight excluding hydrogens is 216 g/mol. The van der Waals surface area contributed by atoms with Gasteiger partial charge in [0.15, 0.2) is 0 Å². The van der Waals surface area contributed by atoms with Gasteiger partial charge in [-0.1, -0.05) is 18.2 Å². The predicted molar refractivity (Wildman–Crippen MR) is 66.8 cm³/mol. The van der Waals surface area contributed by atoms with Crippen LogP contribution in [-0.2, 0) is 9.53 Å². The van der Waals surface area contributed by atoms with Gasteiger partial charge in [-0.3, -0.25) is 4.79 Å². The summed E-state index contributed by atoms with van der Waals surface area (Å²) in [6, 6.07) is 9.32. The fourth-order valence-electron chi connectivity index (χ4n) is 2.06. The molecule has 2 rings (SSSR count). The lowest BCUT2D eigenvalue weighted by Crippen LogP contribution is -2.50. The summed E-state index contributed by atoms with van der Waals surface area (Å²) in [6.07, 6.45) is 0. The average Bonchev–Trinajstić information content (AvgIpc) is 2.70. The van der Waals surface area contributed by atoms with E-state index in [1.54, 1.807) is 11.9 Å². The maximum Gasteiger partial charge on any atom is 0.236 e. The molecule has 2 N–H and O–H groups in total. The number of amides is 1. The molecule has 4 heteroatoms. The van der Waals surface area contributed by atoms with Crippen LogP contribution in [0.3, 0.4) is 0 Å². The summed E-state index contributed by atoms with van der Waals surface area (Å²) in [7, 11) is 1.77. The monoisotopic (exact) mass is 234 g/mol. The van der Waals surface area contributed by atoms with Gasteiger partial charge in [-0.15, -0.1) is 0 Å². The van der Waals surface area contributed by atoms with Crippen LogP contribution in [0.4, 0.5) is 5.69 Å². The lowest BCUT2D eigenvalue weighted by Gasteiger charge is -2.30. The number of rotatable bonds is 2. The number of carbonyl (C=O) groups is 1. The fourth-order valence-corrected chi connectivity index (χ4v) is 2.06. The van der Waals surface area contributed by atoms with Gasteiger partial charge >= 0.3 is 0 Å². The average molecular weight is 234 g/mol. The molecule has 1 aliphatic rings. The summed E-state index contributed by atoms with van der Waals surface area (Å²) in [5.74, 6) is 0.00806. The highest BCUT2D eigenvalue weighted by molar-refractivity contribution is 5.97. The first-order valence-corrected chi connectivity index (χ1v) is 5.72. The third-order valence-corrected chi connectivity index (χ3v) is 3.45. The molecule has 0 saturated carbocycles. The van der Waals surface area contributed by atoms with Gasteiger partial charge in [-0.25, -0.2) is 0 Å². The number of hydrogen-bond donors (Lipinski definition) is 1. The first kappa shape index (κ1) is 12.1. The van der Waals surface area contributed by atoms with Gasteiger partial charge in [0.1, 0.15) is 0 Å². The number of nitrogens with two attached hydrogens (primary N) is 1. The van der Waals surface area contributed by atoms with E-state index in [1.165, 1.54) is 0 Å². The number of hydrogen-bond acceptors (Lipinski definition) is 3. The van der Waals surface area contributed by atoms with E-state index in [1.807, 2.05) is 37.3 Å². The summed E-state index contributed by atoms with van der Waals surface area (Å²) in [5.41, 5.74) is 6.21. The second-order valence-electron chi connectivity index (χ2n) is 4.74. The minimum absolute atomic E-state index is 0.00806. The summed E-state index contributed by atoms with van der Waals surface area (Å²) in [4.78, 5) is 14.1. The number of nitrogens with zero attached hydrogens (tertiary/aromatic N) is 1. The molecule has 0 aliphatic carbocycles. The van der Waals surface area contributed by atoms with Crippen LogP contribution in [0.25, 0.3) is 0 Å². The smallest absolute Gasteiger partial charge is 0.236 e. The van der Waals surface area contributed by atoms with Crippen LogP contribution in [0.5, 0.6) is 0 Å². The van der Waals surface area contributed by atoms with E-state index in [0.717, 1.165) is 5.69 Å². The molecule has 1 aromatic carbocycles. The van der Waals surface area contributed by atoms with Crippen LogP contribution in [0.15, 0.2) is 30.3 Å². The van der Waals surface area contributed by atoms with Gasteiger partial charge < -0.3 is 15.4 Å². The number of ether oxygens (including phenoxy) is 1. The summed E-state index contributed by atoms with van der Waals surface area (Å²) in [5, 5.41) is 0. The molecule has 1 heterocycles. The van der Waals surface area contributed by atoms with Gasteiger partial charge in [0.2, 0.25) is 5.91 Å². The van der Waals surface area contributed by atoms with Crippen LogP contribution < -0.4 is 10.6 Å². The second kappa shape index (κ2) is 4.47. The highest BCUT2D eigenvalue weighted by atomic mass is 16.5. The Bertz CT molecular complexity index is 407. The zero-order chi connectivity index (χ0) is 12.5. The minimum atomic E-state index is -0.620. The maximum absolute atomic E-state index is 12.4. The predicted octanol–water partition coefficient (Wildman–Crippen LogP) is 1.01. The number of carbonyl (C=O) groups excluding carboxylic acids is 1. The lowest BCUT2D eigenvalue weighted by molar-refractivity contribution is -0.127. The van der Waals surface area contributed by atoms with Crippen molar-refractivity contribution in [3.63, 3.8) is 0 Å². The molecule has 1 fully saturated rings. The highest BCUT2D eigenvalue weighted by Gasteiger charge is 2.45. The van der Waals surface area contributed by atoms with E-state index < -0.39 is 5.41 Å². The Balaban J connectivity index is 2.21. The Morgan fingerprint density at radius 3 is 2.65 bits per heavy atom. The Morgan fingerprint density at radius 1 is 1.47 bits per heavy atom. The van der Waals surface area contributed by atoms with Crippen LogP contribution >= 0.6 is 0 Å². The van der Waals surface area contributed by atoms with Crippen molar-refractivity contribution in [2.45, 2.75) is 13.0 Å². The largest absolute Gasteiger partial charge is 0.379 e. The number of benzene rings is 1. The van der Waals surface area contributed by atoms with E-state index in [2.05, 4.69) is 0 Å². The van der Waals surface area contributed by atoms with E-state index in [9.17, 15) is 4.79 Å². The molecule has 0 spiro atoms. The summed E-state index contributed by atoms with van der Waals surface area (Å²) >= 11 is 0. The molecule has 0 bridgehead atoms. The first-order valence-electron chi connectivity index (χ1n) is 5.72. The molecule has 2 unspecified atom stereocenters. The number of anilines is 1. The van der Waals surface area contributed by atoms with Gasteiger partial charge in [0, 0.05) is 18.8 Å². The fraction of sp³-hybridized carbons (Fsp3) is 0.462. The molecule has 0 aromatic heterocycles. The van der Waals surface area contributed by atoms with Crippen LogP contribution in [0, 0.1) is 5.41 Å². The molecule has 0 radical (unpaired) electrons. The zero-order valence-corrected chi connectivity index (χ0v) is 10.2. The van der Waals surface area contributed by atoms with Crippen molar-refractivity contribution in [3.05, 3.63) is 30.3 Å². The molecule has 1 amide bonds. The topological polar surface area (TPSA) is 55.6 Å². The molecule has 92 valence electrons. The van der Waals surface area contributed by atoms with Crippen LogP contribution in [0.2, 0.25) is 0 Å². The highest BCUT2D eigenvalue weighted by Crippen LogP contribution is 2.30. The van der Waals surface area contributed by atoms with Gasteiger partial charge in [0.25, 0.3) is 0 Å². The van der Waals surface area contributed by atoms with Crippen molar-refractivity contribution >= 4 is 11.6 Å². The van der Waals surface area contributed by atoms with Crippen molar-refractivity contribution in [1.29, 1.82) is 0 Å².